The topological polar surface area (TPSA) is 79.0 Å². The Hall–Kier alpha value is -3.75. The summed E-state index contributed by atoms with van der Waals surface area (Å²) in [6.45, 7) is 1.89. The van der Waals surface area contributed by atoms with Crippen LogP contribution in [0.3, 0.4) is 0 Å². The lowest BCUT2D eigenvalue weighted by Gasteiger charge is -2.26. The van der Waals surface area contributed by atoms with Gasteiger partial charge in [-0.1, -0.05) is 47.5 Å². The monoisotopic (exact) mass is 493 g/mol. The standard InChI is InChI=1S/C26H21ClFN3O4/c1-14-7-9-15(10-8-14)24(32)31-23-21(22(29-31)17-5-3-4-6-18(17)28)25(33)30(26(23)34)19-13-16(27)11-12-20(19)35-2/h3-13,21-23,29H,1-2H3/t21-,22+,23+/m1/s1. The molecule has 0 bridgehead atoms. The molecule has 0 saturated carbocycles. The van der Waals surface area contributed by atoms with Crippen LogP contribution in [0.25, 0.3) is 0 Å². The van der Waals surface area contributed by atoms with Gasteiger partial charge in [-0.05, 0) is 43.3 Å². The number of hydrazine groups is 1. The molecule has 0 spiro atoms. The third-order valence-corrected chi connectivity index (χ3v) is 6.61. The van der Waals surface area contributed by atoms with Crippen molar-refractivity contribution in [1.29, 1.82) is 0 Å². The van der Waals surface area contributed by atoms with Crippen molar-refractivity contribution in [2.45, 2.75) is 19.0 Å². The van der Waals surface area contributed by atoms with Crippen LogP contribution in [0.2, 0.25) is 5.02 Å². The van der Waals surface area contributed by atoms with Crippen LogP contribution in [-0.2, 0) is 9.59 Å². The molecule has 9 heteroatoms. The average Bonchev–Trinajstić information content (AvgIpc) is 3.36. The summed E-state index contributed by atoms with van der Waals surface area (Å²) in [4.78, 5) is 41.9. The number of imide groups is 1. The van der Waals surface area contributed by atoms with Crippen LogP contribution in [0.4, 0.5) is 10.1 Å². The highest BCUT2D eigenvalue weighted by atomic mass is 35.5. The van der Waals surface area contributed by atoms with Gasteiger partial charge in [0, 0.05) is 16.1 Å². The zero-order chi connectivity index (χ0) is 24.9. The molecule has 0 aromatic heterocycles. The molecule has 2 saturated heterocycles. The second-order valence-electron chi connectivity index (χ2n) is 8.47. The van der Waals surface area contributed by atoms with Crippen LogP contribution in [0.5, 0.6) is 5.75 Å². The number of nitrogens with zero attached hydrogens (tertiary/aromatic N) is 2. The summed E-state index contributed by atoms with van der Waals surface area (Å²) < 4.78 is 20.2. The second kappa shape index (κ2) is 8.79. The van der Waals surface area contributed by atoms with Crippen molar-refractivity contribution in [3.05, 3.63) is 94.3 Å². The minimum absolute atomic E-state index is 0.166. The number of nitrogens with one attached hydrogen (secondary N) is 1. The number of anilines is 1. The summed E-state index contributed by atoms with van der Waals surface area (Å²) in [5, 5.41) is 1.44. The number of aryl methyl sites for hydroxylation is 1. The Bertz CT molecular complexity index is 1350. The van der Waals surface area contributed by atoms with Gasteiger partial charge in [0.2, 0.25) is 5.91 Å². The number of carbonyl (C=O) groups excluding carboxylic acids is 3. The average molecular weight is 494 g/mol. The van der Waals surface area contributed by atoms with Crippen molar-refractivity contribution < 1.29 is 23.5 Å². The first kappa shape index (κ1) is 23.0. The van der Waals surface area contributed by atoms with E-state index in [1.807, 2.05) is 6.92 Å². The van der Waals surface area contributed by atoms with Crippen molar-refractivity contribution in [3.63, 3.8) is 0 Å². The van der Waals surface area contributed by atoms with Crippen LogP contribution in [0, 0.1) is 18.7 Å². The summed E-state index contributed by atoms with van der Waals surface area (Å²) >= 11 is 6.15. The summed E-state index contributed by atoms with van der Waals surface area (Å²) in [6.07, 6.45) is 0. The number of methoxy groups -OCH3 is 1. The predicted molar refractivity (Wildman–Crippen MR) is 127 cm³/mol. The molecule has 2 fully saturated rings. The maximum Gasteiger partial charge on any atom is 0.268 e. The van der Waals surface area contributed by atoms with Crippen LogP contribution in [0.1, 0.15) is 27.5 Å². The molecular weight excluding hydrogens is 473 g/mol. The van der Waals surface area contributed by atoms with E-state index in [2.05, 4.69) is 5.43 Å². The van der Waals surface area contributed by atoms with Gasteiger partial charge in [-0.2, -0.15) is 0 Å². The van der Waals surface area contributed by atoms with E-state index in [9.17, 15) is 18.8 Å². The second-order valence-corrected chi connectivity index (χ2v) is 8.90. The molecule has 1 N–H and O–H groups in total. The molecule has 7 nitrogen and oxygen atoms in total. The number of fused-ring (bicyclic) bond motifs is 1. The summed E-state index contributed by atoms with van der Waals surface area (Å²) in [6, 6.07) is 15.3. The Morgan fingerprint density at radius 2 is 1.74 bits per heavy atom. The number of ether oxygens (including phenoxy) is 1. The fourth-order valence-corrected chi connectivity index (χ4v) is 4.84. The minimum Gasteiger partial charge on any atom is -0.495 e. The van der Waals surface area contributed by atoms with E-state index in [0.29, 0.717) is 10.6 Å². The van der Waals surface area contributed by atoms with Crippen molar-refractivity contribution in [2.24, 2.45) is 5.92 Å². The molecule has 5 rings (SSSR count). The summed E-state index contributed by atoms with van der Waals surface area (Å²) in [5.41, 5.74) is 4.59. The lowest BCUT2D eigenvalue weighted by molar-refractivity contribution is -0.123. The Kier molecular flexibility index (Phi) is 5.78. The SMILES string of the molecule is COc1ccc(Cl)cc1N1C(=O)[C@H]2[C@@H](C1=O)N(C(=O)c1ccc(C)cc1)N[C@H]2c1ccccc1F. The number of amides is 3. The largest absolute Gasteiger partial charge is 0.495 e. The highest BCUT2D eigenvalue weighted by molar-refractivity contribution is 6.32. The highest BCUT2D eigenvalue weighted by Crippen LogP contribution is 2.45. The lowest BCUT2D eigenvalue weighted by atomic mass is 9.90. The number of carbonyl (C=O) groups is 3. The van der Waals surface area contributed by atoms with Gasteiger partial charge in [-0.25, -0.2) is 14.7 Å². The zero-order valence-electron chi connectivity index (χ0n) is 18.9. The smallest absolute Gasteiger partial charge is 0.268 e. The van der Waals surface area contributed by atoms with Gasteiger partial charge in [-0.3, -0.25) is 19.4 Å². The van der Waals surface area contributed by atoms with E-state index in [-0.39, 0.29) is 17.0 Å². The van der Waals surface area contributed by atoms with Crippen LogP contribution < -0.4 is 15.1 Å². The normalized spacial score (nSPS) is 21.4. The molecule has 35 heavy (non-hydrogen) atoms. The number of halogens is 2. The molecule has 3 aromatic carbocycles. The number of hydrogen-bond donors (Lipinski definition) is 1. The van der Waals surface area contributed by atoms with Crippen molar-refractivity contribution in [3.8, 4) is 5.75 Å². The molecular formula is C26H21ClFN3O4. The van der Waals surface area contributed by atoms with Crippen molar-refractivity contribution in [2.75, 3.05) is 12.0 Å². The first-order valence-electron chi connectivity index (χ1n) is 10.9. The minimum atomic E-state index is -1.19. The van der Waals surface area contributed by atoms with Gasteiger partial charge in [0.15, 0.2) is 0 Å². The maximum atomic E-state index is 14.8. The third kappa shape index (κ3) is 3.75. The molecule has 2 aliphatic heterocycles. The van der Waals surface area contributed by atoms with Gasteiger partial charge in [0.05, 0.1) is 24.8 Å². The van der Waals surface area contributed by atoms with Crippen LogP contribution >= 0.6 is 11.6 Å². The number of rotatable bonds is 4. The van der Waals surface area contributed by atoms with Crippen LogP contribution in [-0.4, -0.2) is 35.9 Å². The predicted octanol–water partition coefficient (Wildman–Crippen LogP) is 4.06. The Morgan fingerprint density at radius 1 is 1.03 bits per heavy atom. The third-order valence-electron chi connectivity index (χ3n) is 6.37. The number of hydrogen-bond acceptors (Lipinski definition) is 5. The fourth-order valence-electron chi connectivity index (χ4n) is 4.67. The van der Waals surface area contributed by atoms with E-state index in [1.54, 1.807) is 42.5 Å². The molecule has 0 unspecified atom stereocenters. The van der Waals surface area contributed by atoms with E-state index in [1.165, 1.54) is 31.4 Å². The fraction of sp³-hybridized carbons (Fsp3) is 0.192. The molecule has 3 amide bonds. The molecule has 0 aliphatic carbocycles. The molecule has 3 aromatic rings. The van der Waals surface area contributed by atoms with Crippen molar-refractivity contribution in [1.82, 2.24) is 10.4 Å². The maximum absolute atomic E-state index is 14.8. The molecule has 2 heterocycles. The molecule has 2 aliphatic rings. The van der Waals surface area contributed by atoms with Gasteiger partial charge in [0.1, 0.15) is 17.6 Å². The van der Waals surface area contributed by atoms with Crippen molar-refractivity contribution >= 4 is 35.0 Å². The van der Waals surface area contributed by atoms with E-state index >= 15 is 0 Å². The highest BCUT2D eigenvalue weighted by Gasteiger charge is 2.61. The molecule has 0 radical (unpaired) electrons. The molecule has 3 atom stereocenters. The Labute approximate surface area is 206 Å². The first-order chi connectivity index (χ1) is 16.8. The zero-order valence-corrected chi connectivity index (χ0v) is 19.6. The lowest BCUT2D eigenvalue weighted by Crippen LogP contribution is -2.48. The summed E-state index contributed by atoms with van der Waals surface area (Å²) in [7, 11) is 1.41. The van der Waals surface area contributed by atoms with E-state index in [4.69, 9.17) is 16.3 Å². The van der Waals surface area contributed by atoms with Gasteiger partial charge in [0.25, 0.3) is 11.8 Å². The molecule has 178 valence electrons. The number of benzene rings is 3. The van der Waals surface area contributed by atoms with Crippen LogP contribution in [0.15, 0.2) is 66.7 Å². The Morgan fingerprint density at radius 3 is 2.43 bits per heavy atom. The van der Waals surface area contributed by atoms with Gasteiger partial charge < -0.3 is 4.74 Å². The quantitative estimate of drug-likeness (QED) is 0.555. The van der Waals surface area contributed by atoms with E-state index in [0.717, 1.165) is 15.5 Å². The Balaban J connectivity index is 1.62. The van der Waals surface area contributed by atoms with Gasteiger partial charge >= 0.3 is 0 Å². The van der Waals surface area contributed by atoms with Gasteiger partial charge in [-0.15, -0.1) is 0 Å². The first-order valence-corrected chi connectivity index (χ1v) is 11.3. The summed E-state index contributed by atoms with van der Waals surface area (Å²) in [5.74, 6) is -3.06. The van der Waals surface area contributed by atoms with E-state index < -0.39 is 41.5 Å².